The zero-order chi connectivity index (χ0) is 12.1. The molecule has 1 rings (SSSR count). The fourth-order valence-corrected chi connectivity index (χ4v) is 1.20. The van der Waals surface area contributed by atoms with Gasteiger partial charge in [0.05, 0.1) is 12.0 Å². The zero-order valence-electron chi connectivity index (χ0n) is 8.62. The van der Waals surface area contributed by atoms with Crippen LogP contribution in [0.5, 0.6) is 0 Å². The van der Waals surface area contributed by atoms with E-state index in [0.29, 0.717) is 5.56 Å². The Morgan fingerprint density at radius 2 is 2.06 bits per heavy atom. The van der Waals surface area contributed by atoms with Crippen molar-refractivity contribution >= 4 is 11.7 Å². The molecule has 0 aliphatic heterocycles. The van der Waals surface area contributed by atoms with E-state index in [-0.39, 0.29) is 12.1 Å². The average Bonchev–Trinajstić information content (AvgIpc) is 2.28. The average molecular weight is 225 g/mol. The minimum absolute atomic E-state index is 0.0312. The lowest BCUT2D eigenvalue weighted by Crippen LogP contribution is -2.24. The number of esters is 1. The van der Waals surface area contributed by atoms with Crippen molar-refractivity contribution in [1.29, 1.82) is 0 Å². The maximum Gasteiger partial charge on any atom is 0.335 e. The Kier molecular flexibility index (Phi) is 3.96. The Balaban J connectivity index is 2.68. The molecule has 0 amide bonds. The van der Waals surface area contributed by atoms with Crippen LogP contribution in [0.15, 0.2) is 24.3 Å². The van der Waals surface area contributed by atoms with E-state index in [0.717, 1.165) is 0 Å². The highest BCUT2D eigenvalue weighted by Crippen LogP contribution is 2.13. The van der Waals surface area contributed by atoms with Gasteiger partial charge in [0.1, 0.15) is 0 Å². The van der Waals surface area contributed by atoms with Gasteiger partial charge in [-0.1, -0.05) is 12.1 Å². The van der Waals surface area contributed by atoms with Crippen molar-refractivity contribution < 1.29 is 19.6 Å². The fourth-order valence-electron chi connectivity index (χ4n) is 1.20. The third-order valence-corrected chi connectivity index (χ3v) is 2.05. The van der Waals surface area contributed by atoms with Gasteiger partial charge in [-0.15, -0.1) is 0 Å². The Morgan fingerprint density at radius 1 is 1.50 bits per heavy atom. The Morgan fingerprint density at radius 3 is 2.50 bits per heavy atom. The Hall–Kier alpha value is -1.95. The molecule has 0 saturated carbocycles. The number of carbonyl (C=O) groups excluding carboxylic acids is 1. The smallest absolute Gasteiger partial charge is 0.335 e. The number of aliphatic hydroxyl groups is 1. The molecule has 0 unspecified atom stereocenters. The van der Waals surface area contributed by atoms with Gasteiger partial charge < -0.3 is 9.84 Å². The Labute approximate surface area is 91.6 Å². The fraction of sp³-hybridized carbons (Fsp3) is 0.300. The van der Waals surface area contributed by atoms with E-state index in [1.807, 2.05) is 0 Å². The molecule has 86 valence electrons. The van der Waals surface area contributed by atoms with Crippen LogP contribution in [0.3, 0.4) is 0 Å². The number of rotatable bonds is 4. The highest BCUT2D eigenvalue weighted by molar-refractivity contribution is 5.74. The van der Waals surface area contributed by atoms with Crippen molar-refractivity contribution in [1.82, 2.24) is 0 Å². The third kappa shape index (κ3) is 3.03. The van der Waals surface area contributed by atoms with Crippen LogP contribution in [-0.4, -0.2) is 29.2 Å². The molecular weight excluding hydrogens is 214 g/mol. The molecule has 0 spiro atoms. The second-order valence-electron chi connectivity index (χ2n) is 3.17. The minimum Gasteiger partial charge on any atom is -0.467 e. The van der Waals surface area contributed by atoms with Crippen molar-refractivity contribution in [2.75, 3.05) is 7.11 Å². The van der Waals surface area contributed by atoms with E-state index in [1.165, 1.54) is 31.4 Å². The molecule has 1 atom stereocenters. The van der Waals surface area contributed by atoms with Crippen molar-refractivity contribution in [3.63, 3.8) is 0 Å². The first-order chi connectivity index (χ1) is 7.54. The Bertz CT molecular complexity index is 387. The first-order valence-electron chi connectivity index (χ1n) is 4.54. The quantitative estimate of drug-likeness (QED) is 0.462. The molecule has 0 bridgehead atoms. The molecule has 0 fully saturated rings. The van der Waals surface area contributed by atoms with Gasteiger partial charge in [-0.3, -0.25) is 10.1 Å². The van der Waals surface area contributed by atoms with E-state index < -0.39 is 17.0 Å². The number of benzene rings is 1. The normalized spacial score (nSPS) is 11.9. The molecule has 1 aromatic rings. The van der Waals surface area contributed by atoms with Gasteiger partial charge in [0, 0.05) is 18.6 Å². The molecule has 16 heavy (non-hydrogen) atoms. The van der Waals surface area contributed by atoms with E-state index in [1.54, 1.807) is 0 Å². The number of hydrogen-bond acceptors (Lipinski definition) is 5. The molecule has 1 N–H and O–H groups in total. The molecule has 0 aliphatic carbocycles. The summed E-state index contributed by atoms with van der Waals surface area (Å²) < 4.78 is 4.35. The van der Waals surface area contributed by atoms with Gasteiger partial charge in [-0.05, 0) is 5.56 Å². The first kappa shape index (κ1) is 12.1. The second-order valence-corrected chi connectivity index (χ2v) is 3.17. The molecule has 1 aromatic carbocycles. The predicted molar refractivity (Wildman–Crippen MR) is 54.8 cm³/mol. The van der Waals surface area contributed by atoms with Gasteiger partial charge in [0.25, 0.3) is 5.69 Å². The summed E-state index contributed by atoms with van der Waals surface area (Å²) in [5, 5.41) is 19.7. The molecule has 6 nitrogen and oxygen atoms in total. The summed E-state index contributed by atoms with van der Waals surface area (Å²) >= 11 is 0. The van der Waals surface area contributed by atoms with Crippen molar-refractivity contribution in [2.45, 2.75) is 12.5 Å². The van der Waals surface area contributed by atoms with Crippen LogP contribution in [0.2, 0.25) is 0 Å². The highest BCUT2D eigenvalue weighted by Gasteiger charge is 2.16. The minimum atomic E-state index is -1.24. The van der Waals surface area contributed by atoms with Crippen LogP contribution in [0.4, 0.5) is 5.69 Å². The number of nitrogens with zero attached hydrogens (tertiary/aromatic N) is 1. The van der Waals surface area contributed by atoms with E-state index in [2.05, 4.69) is 4.74 Å². The van der Waals surface area contributed by atoms with Gasteiger partial charge in [-0.25, -0.2) is 4.79 Å². The van der Waals surface area contributed by atoms with Gasteiger partial charge >= 0.3 is 5.97 Å². The molecular formula is C10H11NO5. The molecule has 0 radical (unpaired) electrons. The number of ether oxygens (including phenoxy) is 1. The molecule has 0 aliphatic rings. The topological polar surface area (TPSA) is 89.7 Å². The first-order valence-corrected chi connectivity index (χ1v) is 4.54. The van der Waals surface area contributed by atoms with Crippen molar-refractivity contribution in [3.8, 4) is 0 Å². The van der Waals surface area contributed by atoms with Gasteiger partial charge in [0.15, 0.2) is 6.10 Å². The van der Waals surface area contributed by atoms with Crippen LogP contribution in [0.1, 0.15) is 5.56 Å². The van der Waals surface area contributed by atoms with Gasteiger partial charge in [0.2, 0.25) is 0 Å². The maximum absolute atomic E-state index is 10.9. The number of non-ortho nitro benzene ring substituents is 1. The summed E-state index contributed by atoms with van der Waals surface area (Å²) in [6.07, 6.45) is -1.17. The molecule has 0 aromatic heterocycles. The SMILES string of the molecule is COC(=O)[C@H](O)Cc1ccc([N+](=O)[O-])cc1. The summed E-state index contributed by atoms with van der Waals surface area (Å²) in [6, 6.07) is 5.62. The lowest BCUT2D eigenvalue weighted by Gasteiger charge is -2.07. The number of hydrogen-bond donors (Lipinski definition) is 1. The second kappa shape index (κ2) is 5.22. The maximum atomic E-state index is 10.9. The lowest BCUT2D eigenvalue weighted by atomic mass is 10.1. The summed E-state index contributed by atoms with van der Waals surface area (Å²) in [6.45, 7) is 0. The number of methoxy groups -OCH3 is 1. The van der Waals surface area contributed by atoms with E-state index in [4.69, 9.17) is 0 Å². The number of carbonyl (C=O) groups is 1. The lowest BCUT2D eigenvalue weighted by molar-refractivity contribution is -0.384. The summed E-state index contributed by atoms with van der Waals surface area (Å²) in [4.78, 5) is 20.8. The van der Waals surface area contributed by atoms with E-state index in [9.17, 15) is 20.0 Å². The monoisotopic (exact) mass is 225 g/mol. The predicted octanol–water partition coefficient (Wildman–Crippen LogP) is 0.671. The highest BCUT2D eigenvalue weighted by atomic mass is 16.6. The number of nitro benzene ring substituents is 1. The largest absolute Gasteiger partial charge is 0.467 e. The summed E-state index contributed by atoms with van der Waals surface area (Å²) in [5.41, 5.74) is 0.597. The molecule has 0 saturated heterocycles. The summed E-state index contributed by atoms with van der Waals surface area (Å²) in [7, 11) is 1.18. The van der Waals surface area contributed by atoms with Crippen LogP contribution in [-0.2, 0) is 16.0 Å². The van der Waals surface area contributed by atoms with Crippen LogP contribution in [0, 0.1) is 10.1 Å². The van der Waals surface area contributed by atoms with Crippen LogP contribution >= 0.6 is 0 Å². The van der Waals surface area contributed by atoms with Crippen molar-refractivity contribution in [2.24, 2.45) is 0 Å². The van der Waals surface area contributed by atoms with Crippen LogP contribution < -0.4 is 0 Å². The molecule has 0 heterocycles. The number of aliphatic hydroxyl groups excluding tert-OH is 1. The standard InChI is InChI=1S/C10H11NO5/c1-16-10(13)9(12)6-7-2-4-8(5-3-7)11(14)15/h2-5,9,12H,6H2,1H3/t9-/m1/s1. The van der Waals surface area contributed by atoms with E-state index >= 15 is 0 Å². The third-order valence-electron chi connectivity index (χ3n) is 2.05. The molecule has 6 heteroatoms. The van der Waals surface area contributed by atoms with Crippen LogP contribution in [0.25, 0.3) is 0 Å². The zero-order valence-corrected chi connectivity index (χ0v) is 8.62. The van der Waals surface area contributed by atoms with Crippen molar-refractivity contribution in [3.05, 3.63) is 39.9 Å². The number of nitro groups is 1. The van der Waals surface area contributed by atoms with Gasteiger partial charge in [-0.2, -0.15) is 0 Å². The summed E-state index contributed by atoms with van der Waals surface area (Å²) in [5.74, 6) is -0.724.